The first-order valence-corrected chi connectivity index (χ1v) is 13.9. The quantitative estimate of drug-likeness (QED) is 0.300. The number of amides is 3. The molecule has 0 radical (unpaired) electrons. The van der Waals surface area contributed by atoms with Crippen LogP contribution in [0.25, 0.3) is 10.8 Å². The van der Waals surface area contributed by atoms with E-state index in [2.05, 4.69) is 10.6 Å². The van der Waals surface area contributed by atoms with Gasteiger partial charge < -0.3 is 26.4 Å². The molecule has 38 heavy (non-hydrogen) atoms. The Kier molecular flexibility index (Phi) is 9.75. The number of benzene rings is 3. The lowest BCUT2D eigenvalue weighted by Gasteiger charge is -2.23. The number of carbonyl (C=O) groups excluding carboxylic acids is 3. The van der Waals surface area contributed by atoms with E-state index in [0.717, 1.165) is 32.7 Å². The maximum Gasteiger partial charge on any atom is 0.243 e. The lowest BCUT2D eigenvalue weighted by atomic mass is 9.98. The maximum atomic E-state index is 13.0. The summed E-state index contributed by atoms with van der Waals surface area (Å²) in [6.07, 6.45) is 0.523. The van der Waals surface area contributed by atoms with E-state index in [1.54, 1.807) is 16.7 Å². The van der Waals surface area contributed by atoms with Crippen LogP contribution in [0.15, 0.2) is 71.6 Å². The molecule has 0 fully saturated rings. The molecule has 3 aromatic rings. The highest BCUT2D eigenvalue weighted by molar-refractivity contribution is 7.99. The monoisotopic (exact) mass is 534 g/mol. The molecule has 0 aliphatic carbocycles. The third kappa shape index (κ3) is 7.12. The molecule has 9 heteroatoms. The van der Waals surface area contributed by atoms with E-state index in [1.165, 1.54) is 0 Å². The average molecular weight is 535 g/mol. The van der Waals surface area contributed by atoms with Crippen LogP contribution >= 0.6 is 11.8 Å². The van der Waals surface area contributed by atoms with Crippen LogP contribution in [0.5, 0.6) is 0 Å². The van der Waals surface area contributed by atoms with E-state index in [0.29, 0.717) is 25.8 Å². The second-order valence-electron chi connectivity index (χ2n) is 9.31. The first-order chi connectivity index (χ1) is 18.5. The highest BCUT2D eigenvalue weighted by Crippen LogP contribution is 2.34. The number of fused-ring (bicyclic) bond motifs is 2. The molecule has 0 spiro atoms. The van der Waals surface area contributed by atoms with Gasteiger partial charge in [-0.1, -0.05) is 54.6 Å². The van der Waals surface area contributed by atoms with Crippen molar-refractivity contribution in [2.24, 2.45) is 5.73 Å². The zero-order valence-electron chi connectivity index (χ0n) is 21.3. The van der Waals surface area contributed by atoms with E-state index in [4.69, 9.17) is 5.73 Å². The summed E-state index contributed by atoms with van der Waals surface area (Å²) >= 11 is 1.67. The Morgan fingerprint density at radius 3 is 2.66 bits per heavy atom. The molecular weight excluding hydrogens is 500 g/mol. The van der Waals surface area contributed by atoms with Crippen molar-refractivity contribution in [3.05, 3.63) is 72.3 Å². The first-order valence-electron chi connectivity index (χ1n) is 12.9. The zero-order chi connectivity index (χ0) is 26.9. The minimum Gasteiger partial charge on any atom is -0.390 e. The molecule has 1 aliphatic rings. The number of aliphatic hydroxyl groups excluding tert-OH is 1. The van der Waals surface area contributed by atoms with Gasteiger partial charge in [-0.15, -0.1) is 11.8 Å². The molecule has 3 aromatic carbocycles. The normalized spacial score (nSPS) is 14.9. The number of nitrogens with zero attached hydrogens (tertiary/aromatic N) is 1. The SMILES string of the molecule is NCC(O)CNC(=O)[C@@H](Cc1cccc2ccccc12)NC(=O)CCCN1C(=O)CCSc2ccccc21. The number of rotatable bonds is 11. The second kappa shape index (κ2) is 13.4. The Morgan fingerprint density at radius 2 is 1.82 bits per heavy atom. The minimum atomic E-state index is -0.861. The topological polar surface area (TPSA) is 125 Å². The number of anilines is 1. The highest BCUT2D eigenvalue weighted by atomic mass is 32.2. The number of carbonyl (C=O) groups is 3. The minimum absolute atomic E-state index is 0.00569. The molecule has 1 unspecified atom stereocenters. The number of nitrogens with one attached hydrogen (secondary N) is 2. The van der Waals surface area contributed by atoms with E-state index in [-0.39, 0.29) is 37.2 Å². The Bertz CT molecular complexity index is 1280. The predicted molar refractivity (Wildman–Crippen MR) is 151 cm³/mol. The summed E-state index contributed by atoms with van der Waals surface area (Å²) in [6.45, 7) is 0.454. The number of hydrogen-bond donors (Lipinski definition) is 4. The lowest BCUT2D eigenvalue weighted by molar-refractivity contribution is -0.129. The molecule has 8 nitrogen and oxygen atoms in total. The van der Waals surface area contributed by atoms with Gasteiger partial charge in [0, 0.05) is 49.5 Å². The van der Waals surface area contributed by atoms with Crippen LogP contribution in [0.4, 0.5) is 5.69 Å². The first kappa shape index (κ1) is 27.6. The van der Waals surface area contributed by atoms with Gasteiger partial charge in [0.1, 0.15) is 6.04 Å². The van der Waals surface area contributed by atoms with Crippen LogP contribution in [0.2, 0.25) is 0 Å². The fourth-order valence-corrected chi connectivity index (χ4v) is 5.55. The van der Waals surface area contributed by atoms with Gasteiger partial charge in [0.2, 0.25) is 17.7 Å². The van der Waals surface area contributed by atoms with Gasteiger partial charge in [0.05, 0.1) is 11.8 Å². The van der Waals surface area contributed by atoms with Gasteiger partial charge in [-0.3, -0.25) is 14.4 Å². The molecule has 2 atom stereocenters. The van der Waals surface area contributed by atoms with Crippen molar-refractivity contribution in [3.8, 4) is 0 Å². The molecule has 1 heterocycles. The van der Waals surface area contributed by atoms with Gasteiger partial charge in [-0.2, -0.15) is 0 Å². The van der Waals surface area contributed by atoms with Crippen LogP contribution < -0.4 is 21.3 Å². The summed E-state index contributed by atoms with van der Waals surface area (Å²) in [4.78, 5) is 41.6. The number of thioether (sulfide) groups is 1. The highest BCUT2D eigenvalue weighted by Gasteiger charge is 2.24. The number of hydrogen-bond acceptors (Lipinski definition) is 6. The molecule has 0 aromatic heterocycles. The second-order valence-corrected chi connectivity index (χ2v) is 10.4. The van der Waals surface area contributed by atoms with Gasteiger partial charge in [0.25, 0.3) is 0 Å². The van der Waals surface area contributed by atoms with Crippen molar-refractivity contribution in [2.75, 3.05) is 30.3 Å². The van der Waals surface area contributed by atoms with Crippen LogP contribution in [0.1, 0.15) is 24.8 Å². The van der Waals surface area contributed by atoms with E-state index in [9.17, 15) is 19.5 Å². The molecule has 4 rings (SSSR count). The smallest absolute Gasteiger partial charge is 0.243 e. The molecule has 200 valence electrons. The maximum absolute atomic E-state index is 13.0. The Labute approximate surface area is 227 Å². The summed E-state index contributed by atoms with van der Waals surface area (Å²) < 4.78 is 0. The van der Waals surface area contributed by atoms with Crippen molar-refractivity contribution in [2.45, 2.75) is 42.7 Å². The van der Waals surface area contributed by atoms with E-state index >= 15 is 0 Å². The van der Waals surface area contributed by atoms with E-state index < -0.39 is 12.1 Å². The Balaban J connectivity index is 1.42. The molecular formula is C29H34N4O4S. The zero-order valence-corrected chi connectivity index (χ0v) is 22.1. The fraction of sp³-hybridized carbons (Fsp3) is 0.345. The number of aliphatic hydroxyl groups is 1. The third-order valence-electron chi connectivity index (χ3n) is 6.56. The molecule has 5 N–H and O–H groups in total. The van der Waals surface area contributed by atoms with Gasteiger partial charge in [-0.05, 0) is 34.9 Å². The molecule has 0 saturated carbocycles. The molecule has 0 bridgehead atoms. The van der Waals surface area contributed by atoms with E-state index in [1.807, 2.05) is 66.7 Å². The van der Waals surface area contributed by atoms with Crippen LogP contribution in [-0.4, -0.2) is 60.4 Å². The van der Waals surface area contributed by atoms with Crippen molar-refractivity contribution in [3.63, 3.8) is 0 Å². The summed E-state index contributed by atoms with van der Waals surface area (Å²) in [6, 6.07) is 20.8. The average Bonchev–Trinajstić information content (AvgIpc) is 3.09. The third-order valence-corrected chi connectivity index (χ3v) is 7.62. The van der Waals surface area contributed by atoms with Crippen molar-refractivity contribution < 1.29 is 19.5 Å². The molecule has 1 aliphatic heterocycles. The van der Waals surface area contributed by atoms with Crippen LogP contribution in [0, 0.1) is 0 Å². The largest absolute Gasteiger partial charge is 0.390 e. The van der Waals surface area contributed by atoms with Gasteiger partial charge in [0.15, 0.2) is 0 Å². The Hall–Kier alpha value is -3.40. The number of nitrogens with two attached hydrogens (primary N) is 1. The van der Waals surface area contributed by atoms with Crippen molar-refractivity contribution in [1.29, 1.82) is 0 Å². The van der Waals surface area contributed by atoms with Crippen molar-refractivity contribution >= 4 is 45.9 Å². The van der Waals surface area contributed by atoms with Gasteiger partial charge in [-0.25, -0.2) is 0 Å². The fourth-order valence-electron chi connectivity index (χ4n) is 4.55. The number of para-hydroxylation sites is 1. The van der Waals surface area contributed by atoms with Crippen LogP contribution in [0.3, 0.4) is 0 Å². The summed E-state index contributed by atoms with van der Waals surface area (Å²) in [5.41, 5.74) is 7.29. The summed E-state index contributed by atoms with van der Waals surface area (Å²) in [7, 11) is 0. The Morgan fingerprint density at radius 1 is 1.05 bits per heavy atom. The lowest BCUT2D eigenvalue weighted by Crippen LogP contribution is -2.50. The summed E-state index contributed by atoms with van der Waals surface area (Å²) in [5.74, 6) is 0.132. The summed E-state index contributed by atoms with van der Waals surface area (Å²) in [5, 5.41) is 17.4. The van der Waals surface area contributed by atoms with Gasteiger partial charge >= 0.3 is 0 Å². The van der Waals surface area contributed by atoms with Crippen molar-refractivity contribution in [1.82, 2.24) is 10.6 Å². The van der Waals surface area contributed by atoms with Crippen LogP contribution in [-0.2, 0) is 20.8 Å². The predicted octanol–water partition coefficient (Wildman–Crippen LogP) is 2.61. The molecule has 0 saturated heterocycles. The standard InChI is InChI=1S/C29H34N4O4S/c30-18-22(34)19-31-29(37)24(17-21-9-5-8-20-7-1-2-10-23(20)21)32-27(35)13-6-15-33-25-11-3-4-12-26(25)38-16-14-28(33)36/h1-5,7-12,22,24,34H,6,13-19,30H2,(H,31,37)(H,32,35)/t22?,24-/m1/s1. The molecule has 3 amide bonds.